The number of nitrogens with one attached hydrogen (secondary N) is 1. The third-order valence-corrected chi connectivity index (χ3v) is 3.49. The van der Waals surface area contributed by atoms with Gasteiger partial charge in [0.1, 0.15) is 0 Å². The molecule has 1 aliphatic carbocycles. The van der Waals surface area contributed by atoms with E-state index in [4.69, 9.17) is 0 Å². The number of hydrogen-bond acceptors (Lipinski definition) is 2. The number of rotatable bonds is 5. The highest BCUT2D eigenvalue weighted by molar-refractivity contribution is 7.98. The summed E-state index contributed by atoms with van der Waals surface area (Å²) in [4.78, 5) is 0. The summed E-state index contributed by atoms with van der Waals surface area (Å²) in [5, 5.41) is 3.60. The van der Waals surface area contributed by atoms with Gasteiger partial charge in [-0.1, -0.05) is 12.8 Å². The van der Waals surface area contributed by atoms with E-state index < -0.39 is 0 Å². The zero-order valence-corrected chi connectivity index (χ0v) is 9.12. The smallest absolute Gasteiger partial charge is 0.00673 e. The van der Waals surface area contributed by atoms with Crippen molar-refractivity contribution in [2.45, 2.75) is 38.6 Å². The van der Waals surface area contributed by atoms with Crippen molar-refractivity contribution in [1.29, 1.82) is 0 Å². The molecule has 0 aromatic rings. The monoisotopic (exact) mass is 187 g/mol. The predicted octanol–water partition coefficient (Wildman–Crippen LogP) is 2.52. The van der Waals surface area contributed by atoms with Crippen LogP contribution in [0.4, 0.5) is 0 Å². The molecule has 0 spiro atoms. The van der Waals surface area contributed by atoms with Gasteiger partial charge in [0.2, 0.25) is 0 Å². The van der Waals surface area contributed by atoms with Gasteiger partial charge in [0.05, 0.1) is 0 Å². The van der Waals surface area contributed by atoms with Crippen LogP contribution in [0.2, 0.25) is 0 Å². The molecular formula is C10H21NS. The minimum absolute atomic E-state index is 0.750. The van der Waals surface area contributed by atoms with Gasteiger partial charge >= 0.3 is 0 Å². The molecule has 12 heavy (non-hydrogen) atoms. The second kappa shape index (κ2) is 5.87. The van der Waals surface area contributed by atoms with E-state index in [-0.39, 0.29) is 0 Å². The first-order valence-electron chi connectivity index (χ1n) is 5.07. The highest BCUT2D eigenvalue weighted by Gasteiger charge is 2.20. The van der Waals surface area contributed by atoms with Crippen LogP contribution >= 0.6 is 11.8 Å². The van der Waals surface area contributed by atoms with Crippen molar-refractivity contribution < 1.29 is 0 Å². The molecule has 1 fully saturated rings. The molecule has 0 aromatic heterocycles. The lowest BCUT2D eigenvalue weighted by Gasteiger charge is -2.19. The zero-order valence-electron chi connectivity index (χ0n) is 8.31. The molecule has 0 saturated heterocycles. The Morgan fingerprint density at radius 2 is 2.08 bits per heavy atom. The summed E-state index contributed by atoms with van der Waals surface area (Å²) in [5.74, 6) is 2.21. The number of thioether (sulfide) groups is 1. The van der Waals surface area contributed by atoms with Crippen LogP contribution in [0.5, 0.6) is 0 Å². The molecule has 0 heterocycles. The largest absolute Gasteiger partial charge is 0.313 e. The van der Waals surface area contributed by atoms with Gasteiger partial charge in [-0.15, -0.1) is 0 Å². The molecule has 1 N–H and O–H groups in total. The molecule has 72 valence electrons. The first-order chi connectivity index (χ1) is 5.84. The maximum atomic E-state index is 3.60. The molecule has 1 nitrogen and oxygen atoms in total. The SMILES string of the molecule is CSCCN[C@H](C)C1CCCC1. The minimum Gasteiger partial charge on any atom is -0.313 e. The maximum absolute atomic E-state index is 3.60. The van der Waals surface area contributed by atoms with E-state index >= 15 is 0 Å². The Morgan fingerprint density at radius 1 is 1.42 bits per heavy atom. The molecule has 0 bridgehead atoms. The van der Waals surface area contributed by atoms with Gasteiger partial charge in [0.15, 0.2) is 0 Å². The van der Waals surface area contributed by atoms with Crippen LogP contribution in [0.1, 0.15) is 32.6 Å². The van der Waals surface area contributed by atoms with Crippen LogP contribution in [-0.4, -0.2) is 24.6 Å². The molecule has 1 saturated carbocycles. The van der Waals surface area contributed by atoms with Gasteiger partial charge < -0.3 is 5.32 Å². The minimum atomic E-state index is 0.750. The Morgan fingerprint density at radius 3 is 2.67 bits per heavy atom. The standard InChI is InChI=1S/C10H21NS/c1-9(11-7-8-12-2)10-5-3-4-6-10/h9-11H,3-8H2,1-2H3/t9-/m1/s1. The van der Waals surface area contributed by atoms with Crippen molar-refractivity contribution >= 4 is 11.8 Å². The predicted molar refractivity (Wildman–Crippen MR) is 57.8 cm³/mol. The average Bonchev–Trinajstić information content (AvgIpc) is 2.56. The molecule has 0 radical (unpaired) electrons. The van der Waals surface area contributed by atoms with Crippen LogP contribution in [-0.2, 0) is 0 Å². The van der Waals surface area contributed by atoms with Gasteiger partial charge in [-0.05, 0) is 31.9 Å². The van der Waals surface area contributed by atoms with Crippen molar-refractivity contribution in [3.05, 3.63) is 0 Å². The molecule has 1 rings (SSSR count). The van der Waals surface area contributed by atoms with E-state index in [2.05, 4.69) is 18.5 Å². The average molecular weight is 187 g/mol. The van der Waals surface area contributed by atoms with E-state index in [1.807, 2.05) is 11.8 Å². The van der Waals surface area contributed by atoms with Crippen LogP contribution in [0.15, 0.2) is 0 Å². The Hall–Kier alpha value is 0.310. The number of hydrogen-bond donors (Lipinski definition) is 1. The lowest BCUT2D eigenvalue weighted by atomic mass is 10.00. The first-order valence-corrected chi connectivity index (χ1v) is 6.46. The fourth-order valence-corrected chi connectivity index (χ4v) is 2.33. The van der Waals surface area contributed by atoms with Crippen LogP contribution in [0.25, 0.3) is 0 Å². The van der Waals surface area contributed by atoms with E-state index in [1.165, 1.54) is 38.0 Å². The van der Waals surface area contributed by atoms with Crippen molar-refractivity contribution in [3.8, 4) is 0 Å². The Balaban J connectivity index is 2.05. The summed E-state index contributed by atoms with van der Waals surface area (Å²) < 4.78 is 0. The lowest BCUT2D eigenvalue weighted by molar-refractivity contribution is 0.390. The lowest BCUT2D eigenvalue weighted by Crippen LogP contribution is -2.33. The molecule has 1 aliphatic rings. The summed E-state index contributed by atoms with van der Waals surface area (Å²) in [6, 6.07) is 0.750. The summed E-state index contributed by atoms with van der Waals surface area (Å²) in [6.07, 6.45) is 7.99. The van der Waals surface area contributed by atoms with Crippen molar-refractivity contribution in [2.75, 3.05) is 18.6 Å². The summed E-state index contributed by atoms with van der Waals surface area (Å²) >= 11 is 1.92. The van der Waals surface area contributed by atoms with E-state index in [9.17, 15) is 0 Å². The fraction of sp³-hybridized carbons (Fsp3) is 1.00. The zero-order chi connectivity index (χ0) is 8.81. The van der Waals surface area contributed by atoms with Gasteiger partial charge in [-0.25, -0.2) is 0 Å². The van der Waals surface area contributed by atoms with E-state index in [0.29, 0.717) is 0 Å². The van der Waals surface area contributed by atoms with Crippen molar-refractivity contribution in [2.24, 2.45) is 5.92 Å². The Labute approximate surface area is 80.7 Å². The van der Waals surface area contributed by atoms with Crippen LogP contribution in [0.3, 0.4) is 0 Å². The van der Waals surface area contributed by atoms with Gasteiger partial charge in [-0.3, -0.25) is 0 Å². The van der Waals surface area contributed by atoms with E-state index in [0.717, 1.165) is 12.0 Å². The van der Waals surface area contributed by atoms with Crippen molar-refractivity contribution in [3.63, 3.8) is 0 Å². The highest BCUT2D eigenvalue weighted by Crippen LogP contribution is 2.27. The summed E-state index contributed by atoms with van der Waals surface area (Å²) in [7, 11) is 0. The normalized spacial score (nSPS) is 21.5. The van der Waals surface area contributed by atoms with Crippen LogP contribution in [0, 0.1) is 5.92 Å². The molecule has 1 atom stereocenters. The molecular weight excluding hydrogens is 166 g/mol. The topological polar surface area (TPSA) is 12.0 Å². The maximum Gasteiger partial charge on any atom is 0.00673 e. The van der Waals surface area contributed by atoms with E-state index in [1.54, 1.807) is 0 Å². The molecule has 0 aliphatic heterocycles. The third kappa shape index (κ3) is 3.36. The van der Waals surface area contributed by atoms with Crippen LogP contribution < -0.4 is 5.32 Å². The van der Waals surface area contributed by atoms with Gasteiger partial charge in [0, 0.05) is 18.3 Å². The Kier molecular flexibility index (Phi) is 5.08. The highest BCUT2D eigenvalue weighted by atomic mass is 32.2. The second-order valence-corrected chi connectivity index (χ2v) is 4.77. The molecule has 0 amide bonds. The van der Waals surface area contributed by atoms with Gasteiger partial charge in [0.25, 0.3) is 0 Å². The quantitative estimate of drug-likeness (QED) is 0.664. The summed E-state index contributed by atoms with van der Waals surface area (Å²) in [5.41, 5.74) is 0. The first kappa shape index (κ1) is 10.4. The van der Waals surface area contributed by atoms with Crippen molar-refractivity contribution in [1.82, 2.24) is 5.32 Å². The second-order valence-electron chi connectivity index (χ2n) is 3.78. The fourth-order valence-electron chi connectivity index (χ4n) is 2.01. The molecule has 0 aromatic carbocycles. The summed E-state index contributed by atoms with van der Waals surface area (Å²) in [6.45, 7) is 3.52. The van der Waals surface area contributed by atoms with Gasteiger partial charge in [-0.2, -0.15) is 11.8 Å². The molecule has 0 unspecified atom stereocenters. The molecule has 2 heteroatoms. The Bertz CT molecular complexity index is 110. The third-order valence-electron chi connectivity index (χ3n) is 2.88.